The normalized spacial score (nSPS) is 11.0. The van der Waals surface area contributed by atoms with Gasteiger partial charge in [-0.1, -0.05) is 18.2 Å². The monoisotopic (exact) mass is 303 g/mol. The molecule has 0 atom stereocenters. The number of benzene rings is 2. The number of nitrogens with zero attached hydrogens (tertiary/aromatic N) is 2. The Morgan fingerprint density at radius 1 is 1.10 bits per heavy atom. The van der Waals surface area contributed by atoms with Crippen molar-refractivity contribution in [2.24, 2.45) is 0 Å². The molecule has 0 unspecified atom stereocenters. The van der Waals surface area contributed by atoms with E-state index < -0.39 is 11.6 Å². The van der Waals surface area contributed by atoms with Crippen LogP contribution in [0.1, 0.15) is 5.56 Å². The standard InChI is InChI=1S/C15H11F2N3S/c1-8-4-2-7-11-12(8)14(18)20(15(21)19-11)13-9(16)5-3-6-10(13)17/h2-7H,18H2,1H3. The lowest BCUT2D eigenvalue weighted by Crippen LogP contribution is -2.11. The molecule has 0 spiro atoms. The van der Waals surface area contributed by atoms with Crippen LogP contribution >= 0.6 is 12.2 Å². The number of rotatable bonds is 1. The topological polar surface area (TPSA) is 43.8 Å². The van der Waals surface area contributed by atoms with E-state index in [-0.39, 0.29) is 16.3 Å². The first-order valence-electron chi connectivity index (χ1n) is 6.23. The zero-order valence-electron chi connectivity index (χ0n) is 11.1. The lowest BCUT2D eigenvalue weighted by molar-refractivity contribution is 0.568. The lowest BCUT2D eigenvalue weighted by Gasteiger charge is -2.15. The van der Waals surface area contributed by atoms with Gasteiger partial charge in [-0.15, -0.1) is 0 Å². The van der Waals surface area contributed by atoms with Crippen molar-refractivity contribution in [1.29, 1.82) is 0 Å². The number of aromatic nitrogens is 2. The van der Waals surface area contributed by atoms with Crippen molar-refractivity contribution in [2.75, 3.05) is 5.73 Å². The van der Waals surface area contributed by atoms with E-state index in [1.807, 2.05) is 19.1 Å². The third-order valence-corrected chi connectivity index (χ3v) is 3.59. The predicted molar refractivity (Wildman–Crippen MR) is 81.0 cm³/mol. The van der Waals surface area contributed by atoms with E-state index in [1.54, 1.807) is 6.07 Å². The summed E-state index contributed by atoms with van der Waals surface area (Å²) in [5.41, 5.74) is 7.27. The zero-order valence-corrected chi connectivity index (χ0v) is 11.9. The van der Waals surface area contributed by atoms with Gasteiger partial charge >= 0.3 is 0 Å². The number of nitrogen functional groups attached to an aromatic ring is 1. The molecule has 0 aliphatic heterocycles. The van der Waals surface area contributed by atoms with Crippen LogP contribution in [0.4, 0.5) is 14.6 Å². The van der Waals surface area contributed by atoms with Crippen molar-refractivity contribution in [3.05, 3.63) is 58.4 Å². The van der Waals surface area contributed by atoms with Gasteiger partial charge in [-0.25, -0.2) is 13.8 Å². The number of aryl methyl sites for hydroxylation is 1. The molecule has 3 aromatic rings. The van der Waals surface area contributed by atoms with Gasteiger partial charge in [-0.2, -0.15) is 0 Å². The third-order valence-electron chi connectivity index (χ3n) is 3.32. The van der Waals surface area contributed by atoms with Crippen molar-refractivity contribution in [3.8, 4) is 5.69 Å². The average molecular weight is 303 g/mol. The summed E-state index contributed by atoms with van der Waals surface area (Å²) < 4.78 is 29.2. The summed E-state index contributed by atoms with van der Waals surface area (Å²) in [5, 5.41) is 0.633. The Balaban J connectivity index is 2.50. The molecule has 0 aliphatic carbocycles. The van der Waals surface area contributed by atoms with E-state index >= 15 is 0 Å². The van der Waals surface area contributed by atoms with Crippen LogP contribution in [0, 0.1) is 23.3 Å². The quantitative estimate of drug-likeness (QED) is 0.693. The summed E-state index contributed by atoms with van der Waals surface area (Å²) in [6.07, 6.45) is 0. The van der Waals surface area contributed by atoms with E-state index in [2.05, 4.69) is 4.98 Å². The Kier molecular flexibility index (Phi) is 3.17. The van der Waals surface area contributed by atoms with Crippen LogP contribution in [0.2, 0.25) is 0 Å². The molecule has 6 heteroatoms. The van der Waals surface area contributed by atoms with E-state index in [4.69, 9.17) is 18.0 Å². The zero-order chi connectivity index (χ0) is 15.1. The van der Waals surface area contributed by atoms with Gasteiger partial charge in [0.05, 0.1) is 5.52 Å². The first kappa shape index (κ1) is 13.6. The summed E-state index contributed by atoms with van der Waals surface area (Å²) in [4.78, 5) is 4.22. The highest BCUT2D eigenvalue weighted by molar-refractivity contribution is 7.71. The molecule has 0 bridgehead atoms. The number of para-hydroxylation sites is 1. The fourth-order valence-electron chi connectivity index (χ4n) is 2.37. The largest absolute Gasteiger partial charge is 0.384 e. The van der Waals surface area contributed by atoms with Gasteiger partial charge in [-0.05, 0) is 42.9 Å². The van der Waals surface area contributed by atoms with Crippen molar-refractivity contribution >= 4 is 28.9 Å². The molecule has 0 radical (unpaired) electrons. The molecule has 0 fully saturated rings. The number of halogens is 2. The summed E-state index contributed by atoms with van der Waals surface area (Å²) >= 11 is 5.15. The third kappa shape index (κ3) is 2.08. The highest BCUT2D eigenvalue weighted by Gasteiger charge is 2.16. The minimum Gasteiger partial charge on any atom is -0.384 e. The molecule has 3 rings (SSSR count). The number of fused-ring (bicyclic) bond motifs is 1. The molecule has 2 aromatic carbocycles. The van der Waals surface area contributed by atoms with E-state index in [0.717, 1.165) is 22.3 Å². The van der Waals surface area contributed by atoms with E-state index in [9.17, 15) is 8.78 Å². The van der Waals surface area contributed by atoms with Crippen LogP contribution in [0.3, 0.4) is 0 Å². The molecule has 0 saturated carbocycles. The van der Waals surface area contributed by atoms with Crippen LogP contribution in [0.15, 0.2) is 36.4 Å². The SMILES string of the molecule is Cc1cccc2nc(=S)n(-c3c(F)cccc3F)c(N)c12. The maximum atomic E-state index is 14.0. The van der Waals surface area contributed by atoms with Gasteiger partial charge in [-0.3, -0.25) is 4.57 Å². The molecule has 0 amide bonds. The molecular weight excluding hydrogens is 292 g/mol. The maximum absolute atomic E-state index is 14.0. The molecule has 0 saturated heterocycles. The minimum absolute atomic E-state index is 0.00889. The van der Waals surface area contributed by atoms with Crippen LogP contribution in [-0.4, -0.2) is 9.55 Å². The molecule has 0 aliphatic rings. The smallest absolute Gasteiger partial charge is 0.206 e. The van der Waals surface area contributed by atoms with E-state index in [0.29, 0.717) is 10.9 Å². The predicted octanol–water partition coefficient (Wildman–Crippen LogP) is 3.92. The average Bonchev–Trinajstić information content (AvgIpc) is 2.41. The second-order valence-corrected chi connectivity index (χ2v) is 5.02. The van der Waals surface area contributed by atoms with Crippen LogP contribution in [0.25, 0.3) is 16.6 Å². The molecule has 1 aromatic heterocycles. The van der Waals surface area contributed by atoms with Gasteiger partial charge in [0, 0.05) is 5.39 Å². The second kappa shape index (κ2) is 4.89. The Morgan fingerprint density at radius 3 is 2.38 bits per heavy atom. The Morgan fingerprint density at radius 2 is 1.71 bits per heavy atom. The van der Waals surface area contributed by atoms with Gasteiger partial charge in [0.15, 0.2) is 0 Å². The Labute approximate surface area is 124 Å². The number of nitrogens with two attached hydrogens (primary N) is 1. The highest BCUT2D eigenvalue weighted by atomic mass is 32.1. The fourth-order valence-corrected chi connectivity index (χ4v) is 2.65. The van der Waals surface area contributed by atoms with Crippen LogP contribution in [-0.2, 0) is 0 Å². The molecule has 106 valence electrons. The lowest BCUT2D eigenvalue weighted by atomic mass is 10.1. The first-order chi connectivity index (χ1) is 10.0. The fraction of sp³-hybridized carbons (Fsp3) is 0.0667. The maximum Gasteiger partial charge on any atom is 0.206 e. The summed E-state index contributed by atoms with van der Waals surface area (Å²) in [6.45, 7) is 1.85. The van der Waals surface area contributed by atoms with Gasteiger partial charge < -0.3 is 5.73 Å². The second-order valence-electron chi connectivity index (χ2n) is 4.65. The van der Waals surface area contributed by atoms with E-state index in [1.165, 1.54) is 6.07 Å². The Hall–Kier alpha value is -2.34. The summed E-state index contributed by atoms with van der Waals surface area (Å²) in [7, 11) is 0. The summed E-state index contributed by atoms with van der Waals surface area (Å²) in [6, 6.07) is 9.03. The number of hydrogen-bond donors (Lipinski definition) is 1. The number of anilines is 1. The minimum atomic E-state index is -0.743. The van der Waals surface area contributed by atoms with Crippen molar-refractivity contribution in [3.63, 3.8) is 0 Å². The van der Waals surface area contributed by atoms with Crippen LogP contribution in [0.5, 0.6) is 0 Å². The van der Waals surface area contributed by atoms with Crippen molar-refractivity contribution in [2.45, 2.75) is 6.92 Å². The van der Waals surface area contributed by atoms with Crippen molar-refractivity contribution in [1.82, 2.24) is 9.55 Å². The number of hydrogen-bond acceptors (Lipinski definition) is 3. The van der Waals surface area contributed by atoms with Gasteiger partial charge in [0.2, 0.25) is 4.77 Å². The van der Waals surface area contributed by atoms with Gasteiger partial charge in [0.25, 0.3) is 0 Å². The molecule has 2 N–H and O–H groups in total. The van der Waals surface area contributed by atoms with Gasteiger partial charge in [0.1, 0.15) is 23.1 Å². The first-order valence-corrected chi connectivity index (χ1v) is 6.64. The molecule has 21 heavy (non-hydrogen) atoms. The van der Waals surface area contributed by atoms with Crippen molar-refractivity contribution < 1.29 is 8.78 Å². The molecule has 1 heterocycles. The molecule has 3 nitrogen and oxygen atoms in total. The Bertz CT molecular complexity index is 898. The highest BCUT2D eigenvalue weighted by Crippen LogP contribution is 2.28. The molecular formula is C15H11F2N3S. The van der Waals surface area contributed by atoms with Crippen LogP contribution < -0.4 is 5.73 Å². The summed E-state index contributed by atoms with van der Waals surface area (Å²) in [5.74, 6) is -1.31.